The number of carboxylic acid groups (broad SMARTS) is 1. The van der Waals surface area contributed by atoms with Gasteiger partial charge in [0.2, 0.25) is 0 Å². The fraction of sp³-hybridized carbons (Fsp3) is 0.300. The number of aliphatic hydroxyl groups excluding tert-OH is 1. The molecule has 1 aromatic rings. The number of aliphatic carboxylic acids is 1. The van der Waals surface area contributed by atoms with Gasteiger partial charge in [-0.05, 0) is 17.7 Å². The minimum absolute atomic E-state index is 0. The summed E-state index contributed by atoms with van der Waals surface area (Å²) in [4.78, 5) is 10.4. The van der Waals surface area contributed by atoms with E-state index in [0.717, 1.165) is 0 Å². The van der Waals surface area contributed by atoms with Crippen molar-refractivity contribution in [3.8, 4) is 11.5 Å². The van der Waals surface area contributed by atoms with Crippen LogP contribution < -0.4 is 4.74 Å². The Kier molecular flexibility index (Phi) is 6.43. The van der Waals surface area contributed by atoms with Crippen molar-refractivity contribution in [1.29, 1.82) is 0 Å². The van der Waals surface area contributed by atoms with E-state index in [-0.39, 0.29) is 47.5 Å². The zero-order valence-electron chi connectivity index (χ0n) is 9.17. The summed E-state index contributed by atoms with van der Waals surface area (Å²) >= 11 is 0. The van der Waals surface area contributed by atoms with Gasteiger partial charge in [-0.2, -0.15) is 0 Å². The van der Waals surface area contributed by atoms with Gasteiger partial charge in [0.15, 0.2) is 17.6 Å². The second kappa shape index (κ2) is 6.75. The summed E-state index contributed by atoms with van der Waals surface area (Å²) in [6.07, 6.45) is -1.47. The van der Waals surface area contributed by atoms with Crippen LogP contribution in [0.3, 0.4) is 0 Å². The molecule has 0 saturated carbocycles. The Bertz CT molecular complexity index is 366. The quantitative estimate of drug-likeness (QED) is 0.640. The molecule has 5 nitrogen and oxygen atoms in total. The number of aliphatic hydroxyl groups is 1. The average molecular weight is 235 g/mol. The number of benzene rings is 1. The van der Waals surface area contributed by atoms with Crippen LogP contribution in [0.25, 0.3) is 0 Å². The molecule has 1 atom stereocenters. The number of carbonyl (C=O) groups is 1. The summed E-state index contributed by atoms with van der Waals surface area (Å²) in [5.41, 5.74) is 0.583. The van der Waals surface area contributed by atoms with Gasteiger partial charge in [-0.25, -0.2) is 4.79 Å². The molecule has 1 unspecified atom stereocenters. The molecule has 0 spiro atoms. The number of hydrogen-bond donors (Lipinski definition) is 3. The van der Waals surface area contributed by atoms with Crippen LogP contribution >= 0.6 is 0 Å². The second-order valence-corrected chi connectivity index (χ2v) is 3.06. The molecular formula is C10H12NaO5. The molecule has 0 aliphatic carbocycles. The summed E-state index contributed by atoms with van der Waals surface area (Å²) in [7, 11) is 1.40. The van der Waals surface area contributed by atoms with Crippen molar-refractivity contribution in [2.75, 3.05) is 7.11 Å². The van der Waals surface area contributed by atoms with Crippen molar-refractivity contribution >= 4 is 35.5 Å². The number of rotatable bonds is 4. The number of carboxylic acids is 1. The number of methoxy groups -OCH3 is 1. The summed E-state index contributed by atoms with van der Waals surface area (Å²) < 4.78 is 4.85. The van der Waals surface area contributed by atoms with E-state index in [0.29, 0.717) is 5.56 Å². The molecule has 0 aliphatic rings. The average Bonchev–Trinajstić information content (AvgIpc) is 2.20. The molecule has 0 heterocycles. The van der Waals surface area contributed by atoms with Crippen molar-refractivity contribution in [2.24, 2.45) is 0 Å². The maximum atomic E-state index is 10.4. The van der Waals surface area contributed by atoms with Crippen LogP contribution in [0, 0.1) is 0 Å². The van der Waals surface area contributed by atoms with E-state index in [1.54, 1.807) is 0 Å². The smallest absolute Gasteiger partial charge is 0.332 e. The van der Waals surface area contributed by atoms with E-state index in [9.17, 15) is 9.90 Å². The topological polar surface area (TPSA) is 87.0 Å². The first kappa shape index (κ1) is 15.2. The zero-order valence-corrected chi connectivity index (χ0v) is 11.2. The van der Waals surface area contributed by atoms with Crippen LogP contribution in [0.2, 0.25) is 0 Å². The molecule has 1 aromatic carbocycles. The van der Waals surface area contributed by atoms with Crippen LogP contribution in [-0.2, 0) is 11.2 Å². The summed E-state index contributed by atoms with van der Waals surface area (Å²) in [5, 5.41) is 26.9. The van der Waals surface area contributed by atoms with Gasteiger partial charge >= 0.3 is 5.97 Å². The molecule has 0 aliphatic heterocycles. The largest absolute Gasteiger partial charge is 0.504 e. The summed E-state index contributed by atoms with van der Waals surface area (Å²) in [5.74, 6) is -1.04. The predicted octanol–water partition coefficient (Wildman–Crippen LogP) is 0.00800. The molecule has 0 aromatic heterocycles. The number of ether oxygens (including phenoxy) is 1. The first-order valence-electron chi connectivity index (χ1n) is 4.31. The first-order chi connectivity index (χ1) is 7.04. The number of phenols is 1. The molecular weight excluding hydrogens is 223 g/mol. The molecule has 1 rings (SSSR count). The third-order valence-electron chi connectivity index (χ3n) is 1.96. The Hall–Kier alpha value is -0.750. The van der Waals surface area contributed by atoms with Crippen molar-refractivity contribution in [2.45, 2.75) is 12.5 Å². The van der Waals surface area contributed by atoms with E-state index in [4.69, 9.17) is 14.9 Å². The van der Waals surface area contributed by atoms with E-state index < -0.39 is 12.1 Å². The van der Waals surface area contributed by atoms with Crippen molar-refractivity contribution in [3.63, 3.8) is 0 Å². The minimum Gasteiger partial charge on any atom is -0.504 e. The zero-order chi connectivity index (χ0) is 11.4. The maximum Gasteiger partial charge on any atom is 0.332 e. The second-order valence-electron chi connectivity index (χ2n) is 3.06. The monoisotopic (exact) mass is 235 g/mol. The number of phenolic OH excluding ortho intramolecular Hbond substituents is 1. The van der Waals surface area contributed by atoms with Gasteiger partial charge in [0, 0.05) is 36.0 Å². The van der Waals surface area contributed by atoms with Crippen molar-refractivity contribution in [3.05, 3.63) is 23.8 Å². The molecule has 1 radical (unpaired) electrons. The molecule has 0 fully saturated rings. The normalized spacial score (nSPS) is 11.4. The Morgan fingerprint density at radius 2 is 2.12 bits per heavy atom. The van der Waals surface area contributed by atoms with Crippen LogP contribution in [0.1, 0.15) is 5.56 Å². The molecule has 83 valence electrons. The maximum absolute atomic E-state index is 10.4. The Balaban J connectivity index is 0.00000225. The van der Waals surface area contributed by atoms with Gasteiger partial charge in [0.05, 0.1) is 7.11 Å². The van der Waals surface area contributed by atoms with Gasteiger partial charge in [-0.3, -0.25) is 0 Å². The standard InChI is InChI=1S/C10H12O5.Na/c1-15-9-5-6(2-3-7(9)11)4-8(12)10(13)14;/h2-3,5,8,11-12H,4H2,1H3,(H,13,14);. The Morgan fingerprint density at radius 3 is 2.62 bits per heavy atom. The molecule has 6 heteroatoms. The van der Waals surface area contributed by atoms with Gasteiger partial charge in [0.25, 0.3) is 0 Å². The molecule has 16 heavy (non-hydrogen) atoms. The first-order valence-corrected chi connectivity index (χ1v) is 4.31. The van der Waals surface area contributed by atoms with Crippen LogP contribution in [0.5, 0.6) is 11.5 Å². The Morgan fingerprint density at radius 1 is 1.50 bits per heavy atom. The number of aromatic hydroxyl groups is 1. The fourth-order valence-electron chi connectivity index (χ4n) is 1.16. The third kappa shape index (κ3) is 4.02. The minimum atomic E-state index is -1.45. The molecule has 0 amide bonds. The van der Waals surface area contributed by atoms with Gasteiger partial charge in [0.1, 0.15) is 0 Å². The SMILES string of the molecule is COc1cc(CC(O)C(=O)O)ccc1O.[Na]. The van der Waals surface area contributed by atoms with Crippen LogP contribution in [0.4, 0.5) is 0 Å². The van der Waals surface area contributed by atoms with E-state index >= 15 is 0 Å². The fourth-order valence-corrected chi connectivity index (χ4v) is 1.16. The van der Waals surface area contributed by atoms with Gasteiger partial charge in [-0.15, -0.1) is 0 Å². The summed E-state index contributed by atoms with van der Waals surface area (Å²) in [6.45, 7) is 0. The Labute approximate surface area is 115 Å². The molecule has 3 N–H and O–H groups in total. The van der Waals surface area contributed by atoms with Crippen LogP contribution in [0.15, 0.2) is 18.2 Å². The van der Waals surface area contributed by atoms with E-state index in [2.05, 4.69) is 0 Å². The summed E-state index contributed by atoms with van der Waals surface area (Å²) in [6, 6.07) is 4.41. The van der Waals surface area contributed by atoms with Gasteiger partial charge in [-0.1, -0.05) is 6.07 Å². The van der Waals surface area contributed by atoms with Crippen molar-refractivity contribution < 1.29 is 24.9 Å². The predicted molar refractivity (Wildman–Crippen MR) is 57.8 cm³/mol. The number of hydrogen-bond acceptors (Lipinski definition) is 4. The van der Waals surface area contributed by atoms with Gasteiger partial charge < -0.3 is 20.1 Å². The third-order valence-corrected chi connectivity index (χ3v) is 1.96. The van der Waals surface area contributed by atoms with E-state index in [1.165, 1.54) is 25.3 Å². The van der Waals surface area contributed by atoms with Crippen LogP contribution in [-0.4, -0.2) is 64.1 Å². The van der Waals surface area contributed by atoms with Crippen molar-refractivity contribution in [1.82, 2.24) is 0 Å². The molecule has 0 bridgehead atoms. The van der Waals surface area contributed by atoms with E-state index in [1.807, 2.05) is 0 Å². The molecule has 0 saturated heterocycles.